The number of fused-ring (bicyclic) bond motifs is 1. The zero-order valence-electron chi connectivity index (χ0n) is 21.1. The zero-order valence-corrected chi connectivity index (χ0v) is 22.0. The third-order valence-electron chi connectivity index (χ3n) is 6.32. The van der Waals surface area contributed by atoms with Gasteiger partial charge in [0, 0.05) is 24.1 Å². The zero-order chi connectivity index (χ0) is 28.3. The number of nitrogens with zero attached hydrogens (tertiary/aromatic N) is 3. The van der Waals surface area contributed by atoms with E-state index in [0.29, 0.717) is 16.5 Å². The van der Waals surface area contributed by atoms with E-state index in [-0.39, 0.29) is 30.5 Å². The summed E-state index contributed by atoms with van der Waals surface area (Å²) in [7, 11) is 0. The molecule has 1 unspecified atom stereocenters. The minimum atomic E-state index is -4.59. The number of anilines is 1. The first kappa shape index (κ1) is 27.1. The summed E-state index contributed by atoms with van der Waals surface area (Å²) in [4.78, 5) is 27.7. The Morgan fingerprint density at radius 2 is 1.77 bits per heavy atom. The molecule has 1 aromatic heterocycles. The van der Waals surface area contributed by atoms with Crippen molar-refractivity contribution in [1.29, 1.82) is 0 Å². The van der Waals surface area contributed by atoms with Crippen LogP contribution >= 0.6 is 11.3 Å². The van der Waals surface area contributed by atoms with Gasteiger partial charge in [0.2, 0.25) is 17.8 Å². The van der Waals surface area contributed by atoms with Gasteiger partial charge in [-0.25, -0.2) is 0 Å². The molecule has 0 radical (unpaired) electrons. The summed E-state index contributed by atoms with van der Waals surface area (Å²) in [6, 6.07) is 18.2. The molecule has 0 spiro atoms. The first-order chi connectivity index (χ1) is 19.2. The highest BCUT2D eigenvalue weighted by Crippen LogP contribution is 2.37. The second kappa shape index (κ2) is 11.3. The van der Waals surface area contributed by atoms with Gasteiger partial charge in [-0.15, -0.1) is 10.2 Å². The van der Waals surface area contributed by atoms with Gasteiger partial charge in [0.25, 0.3) is 5.91 Å². The van der Waals surface area contributed by atoms with Crippen molar-refractivity contribution in [2.45, 2.75) is 25.6 Å². The van der Waals surface area contributed by atoms with Gasteiger partial charge in [0.15, 0.2) is 11.5 Å². The molecule has 40 heavy (non-hydrogen) atoms. The van der Waals surface area contributed by atoms with Gasteiger partial charge in [-0.1, -0.05) is 47.7 Å². The lowest BCUT2D eigenvalue weighted by molar-refractivity contribution is -0.137. The van der Waals surface area contributed by atoms with Crippen LogP contribution in [0.15, 0.2) is 72.8 Å². The third-order valence-corrected chi connectivity index (χ3v) is 7.21. The van der Waals surface area contributed by atoms with Crippen molar-refractivity contribution in [2.24, 2.45) is 0 Å². The van der Waals surface area contributed by atoms with Crippen molar-refractivity contribution < 1.29 is 32.2 Å². The van der Waals surface area contributed by atoms with E-state index in [1.54, 1.807) is 31.2 Å². The number of rotatable bonds is 8. The smallest absolute Gasteiger partial charge is 0.416 e. The molecule has 206 valence electrons. The predicted molar refractivity (Wildman–Crippen MR) is 142 cm³/mol. The number of hydrogen-bond acceptors (Lipinski definition) is 7. The van der Waals surface area contributed by atoms with Crippen LogP contribution in [-0.2, 0) is 11.0 Å². The predicted octanol–water partition coefficient (Wildman–Crippen LogP) is 6.18. The lowest BCUT2D eigenvalue weighted by Crippen LogP contribution is -2.36. The van der Waals surface area contributed by atoms with Gasteiger partial charge in [0.05, 0.1) is 11.6 Å². The van der Waals surface area contributed by atoms with Gasteiger partial charge >= 0.3 is 6.18 Å². The number of aromatic nitrogens is 2. The highest BCUT2D eigenvalue weighted by atomic mass is 32.1. The summed E-state index contributed by atoms with van der Waals surface area (Å²) in [5, 5.41) is 11.7. The van der Waals surface area contributed by atoms with Crippen LogP contribution in [0.3, 0.4) is 0 Å². The number of halogens is 3. The van der Waals surface area contributed by atoms with E-state index in [1.807, 2.05) is 24.3 Å². The van der Waals surface area contributed by atoms with Crippen molar-refractivity contribution >= 4 is 28.3 Å². The Kier molecular flexibility index (Phi) is 7.69. The van der Waals surface area contributed by atoms with Gasteiger partial charge < -0.3 is 19.7 Å². The Balaban J connectivity index is 1.29. The number of nitrogens with one attached hydrogen (secondary N) is 1. The SMILES string of the molecule is CC(c1ccccc1)N(CCC(=O)Nc1nnc(-c2ccc3c(c2)OCO3)s1)C(=O)c1cccc(C(F)(F)F)c1. The highest BCUT2D eigenvalue weighted by Gasteiger charge is 2.32. The maximum atomic E-state index is 13.4. The van der Waals surface area contributed by atoms with Crippen LogP contribution in [-0.4, -0.2) is 40.2 Å². The topological polar surface area (TPSA) is 93.7 Å². The maximum absolute atomic E-state index is 13.4. The molecule has 0 fully saturated rings. The molecule has 1 aliphatic rings. The lowest BCUT2D eigenvalue weighted by atomic mass is 10.0. The van der Waals surface area contributed by atoms with Crippen LogP contribution in [0.1, 0.15) is 40.9 Å². The molecule has 0 saturated heterocycles. The van der Waals surface area contributed by atoms with Gasteiger partial charge in [-0.05, 0) is 48.9 Å². The summed E-state index contributed by atoms with van der Waals surface area (Å²) < 4.78 is 50.6. The molecule has 1 N–H and O–H groups in total. The third kappa shape index (κ3) is 6.07. The molecule has 2 heterocycles. The Labute approximate surface area is 231 Å². The molecule has 0 bridgehead atoms. The fourth-order valence-electron chi connectivity index (χ4n) is 4.20. The van der Waals surface area contributed by atoms with E-state index >= 15 is 0 Å². The van der Waals surface area contributed by atoms with E-state index in [9.17, 15) is 22.8 Å². The van der Waals surface area contributed by atoms with Crippen LogP contribution in [0.4, 0.5) is 18.3 Å². The molecule has 8 nitrogen and oxygen atoms in total. The van der Waals surface area contributed by atoms with Crippen molar-refractivity contribution in [3.63, 3.8) is 0 Å². The number of alkyl halides is 3. The number of carbonyl (C=O) groups is 2. The van der Waals surface area contributed by atoms with Crippen molar-refractivity contribution in [3.8, 4) is 22.1 Å². The quantitative estimate of drug-likeness (QED) is 0.273. The first-order valence-corrected chi connectivity index (χ1v) is 13.1. The van der Waals surface area contributed by atoms with Gasteiger partial charge in [-0.3, -0.25) is 9.59 Å². The average Bonchev–Trinajstić information content (AvgIpc) is 3.62. The molecule has 5 rings (SSSR count). The number of benzene rings is 3. The average molecular weight is 569 g/mol. The molecule has 0 saturated carbocycles. The Hall–Kier alpha value is -4.45. The largest absolute Gasteiger partial charge is 0.454 e. The molecule has 4 aromatic rings. The Morgan fingerprint density at radius 1 is 1.00 bits per heavy atom. The Bertz CT molecular complexity index is 1530. The number of ether oxygens (including phenoxy) is 2. The number of hydrogen-bond donors (Lipinski definition) is 1. The van der Waals surface area contributed by atoms with E-state index in [0.717, 1.165) is 23.3 Å². The summed E-state index contributed by atoms with van der Waals surface area (Å²) in [6.07, 6.45) is -4.70. The van der Waals surface area contributed by atoms with E-state index in [4.69, 9.17) is 9.47 Å². The number of amides is 2. The minimum Gasteiger partial charge on any atom is -0.454 e. The lowest BCUT2D eigenvalue weighted by Gasteiger charge is -2.30. The molecule has 3 aromatic carbocycles. The van der Waals surface area contributed by atoms with Crippen LogP contribution in [0, 0.1) is 0 Å². The molecule has 12 heteroatoms. The maximum Gasteiger partial charge on any atom is 0.416 e. The standard InChI is InChI=1S/C28H23F3N4O4S/c1-17(18-6-3-2-4-7-18)35(26(37)20-8-5-9-21(14-20)28(29,30)31)13-12-24(36)32-27-34-33-25(40-27)19-10-11-22-23(15-19)39-16-38-22/h2-11,14-15,17H,12-13,16H2,1H3,(H,32,34,36). The molecular formula is C28H23F3N4O4S. The molecule has 1 aliphatic heterocycles. The second-order valence-corrected chi connectivity index (χ2v) is 9.92. The summed E-state index contributed by atoms with van der Waals surface area (Å²) >= 11 is 1.17. The Morgan fingerprint density at radius 3 is 2.55 bits per heavy atom. The highest BCUT2D eigenvalue weighted by molar-refractivity contribution is 7.18. The summed E-state index contributed by atoms with van der Waals surface area (Å²) in [5.41, 5.74) is 0.492. The van der Waals surface area contributed by atoms with Crippen LogP contribution in [0.2, 0.25) is 0 Å². The molecule has 1 atom stereocenters. The van der Waals surface area contributed by atoms with Crippen molar-refractivity contribution in [2.75, 3.05) is 18.7 Å². The second-order valence-electron chi connectivity index (χ2n) is 8.94. The van der Waals surface area contributed by atoms with Crippen LogP contribution in [0.5, 0.6) is 11.5 Å². The molecule has 2 amide bonds. The van der Waals surface area contributed by atoms with Crippen LogP contribution in [0.25, 0.3) is 10.6 Å². The number of carbonyl (C=O) groups excluding carboxylic acids is 2. The molecule has 0 aliphatic carbocycles. The fraction of sp³-hybridized carbons (Fsp3) is 0.214. The normalized spacial score (nSPS) is 13.1. The summed E-state index contributed by atoms with van der Waals surface area (Å²) in [5.74, 6) is 0.193. The monoisotopic (exact) mass is 568 g/mol. The van der Waals surface area contributed by atoms with Gasteiger partial charge in [-0.2, -0.15) is 13.2 Å². The van der Waals surface area contributed by atoms with Crippen molar-refractivity contribution in [3.05, 3.63) is 89.5 Å². The first-order valence-electron chi connectivity index (χ1n) is 12.3. The van der Waals surface area contributed by atoms with Crippen molar-refractivity contribution in [1.82, 2.24) is 15.1 Å². The van der Waals surface area contributed by atoms with E-state index < -0.39 is 29.6 Å². The minimum absolute atomic E-state index is 0.0369. The summed E-state index contributed by atoms with van der Waals surface area (Å²) in [6.45, 7) is 1.87. The van der Waals surface area contributed by atoms with Crippen LogP contribution < -0.4 is 14.8 Å². The van der Waals surface area contributed by atoms with E-state index in [1.165, 1.54) is 28.4 Å². The van der Waals surface area contributed by atoms with Gasteiger partial charge in [0.1, 0.15) is 5.01 Å². The fourth-order valence-corrected chi connectivity index (χ4v) is 4.96. The molecular weight excluding hydrogens is 545 g/mol. The van der Waals surface area contributed by atoms with E-state index in [2.05, 4.69) is 15.5 Å².